The Morgan fingerprint density at radius 1 is 1.23 bits per heavy atom. The Bertz CT molecular complexity index is 571. The summed E-state index contributed by atoms with van der Waals surface area (Å²) in [6.45, 7) is 8.86. The number of ether oxygens (including phenoxy) is 2. The summed E-state index contributed by atoms with van der Waals surface area (Å²) in [6, 6.07) is -0.236. The molecule has 0 spiro atoms. The Hall–Kier alpha value is -1.41. The Morgan fingerprint density at radius 2 is 1.85 bits per heavy atom. The molecule has 1 fully saturated rings. The van der Waals surface area contributed by atoms with E-state index in [-0.39, 0.29) is 29.2 Å². The van der Waals surface area contributed by atoms with Crippen molar-refractivity contribution in [2.75, 3.05) is 19.4 Å². The van der Waals surface area contributed by atoms with E-state index in [1.165, 1.54) is 14.0 Å². The molecule has 1 aliphatic rings. The van der Waals surface area contributed by atoms with Gasteiger partial charge in [-0.1, -0.05) is 11.8 Å². The van der Waals surface area contributed by atoms with Crippen LogP contribution in [-0.2, 0) is 23.9 Å². The average Bonchev–Trinajstić information content (AvgIpc) is 2.91. The highest BCUT2D eigenvalue weighted by atomic mass is 32.2. The van der Waals surface area contributed by atoms with Crippen LogP contribution in [0.5, 0.6) is 0 Å². The lowest BCUT2D eigenvalue weighted by atomic mass is 10.0. The Kier molecular flexibility index (Phi) is 7.83. The zero-order valence-corrected chi connectivity index (χ0v) is 17.3. The van der Waals surface area contributed by atoms with E-state index < -0.39 is 28.1 Å². The highest BCUT2D eigenvalue weighted by molar-refractivity contribution is 8.13. The van der Waals surface area contributed by atoms with Crippen LogP contribution in [0.1, 0.15) is 53.9 Å². The second-order valence-corrected chi connectivity index (χ2v) is 8.88. The largest absolute Gasteiger partial charge is 0.524 e. The van der Waals surface area contributed by atoms with E-state index in [0.717, 1.165) is 24.6 Å². The first-order valence-electron chi connectivity index (χ1n) is 8.80. The maximum absolute atomic E-state index is 13.4. The van der Waals surface area contributed by atoms with Gasteiger partial charge in [-0.05, 0) is 27.7 Å². The Labute approximate surface area is 159 Å². The maximum atomic E-state index is 13.4. The molecule has 0 radical (unpaired) electrons. The number of imide groups is 1. The van der Waals surface area contributed by atoms with Crippen molar-refractivity contribution in [3.05, 3.63) is 0 Å². The van der Waals surface area contributed by atoms with Gasteiger partial charge in [-0.25, -0.2) is 4.79 Å². The number of rotatable bonds is 5. The van der Waals surface area contributed by atoms with E-state index in [9.17, 15) is 19.2 Å². The summed E-state index contributed by atoms with van der Waals surface area (Å²) in [5, 5.41) is -0.147. The van der Waals surface area contributed by atoms with Gasteiger partial charge in [0, 0.05) is 25.5 Å². The van der Waals surface area contributed by atoms with Gasteiger partial charge >= 0.3 is 18.0 Å². The fraction of sp³-hybridized carbons (Fsp3) is 0.778. The molecule has 1 aliphatic heterocycles. The quantitative estimate of drug-likeness (QED) is 0.528. The molecule has 3 atom stereocenters. The van der Waals surface area contributed by atoms with Crippen LogP contribution in [0.15, 0.2) is 0 Å². The van der Waals surface area contributed by atoms with Gasteiger partial charge in [0.05, 0.1) is 26.0 Å². The molecular weight excluding hydrogens is 358 g/mol. The van der Waals surface area contributed by atoms with E-state index in [2.05, 4.69) is 0 Å². The van der Waals surface area contributed by atoms with Crippen LogP contribution < -0.4 is 0 Å². The van der Waals surface area contributed by atoms with Crippen molar-refractivity contribution < 1.29 is 33.1 Å². The monoisotopic (exact) mass is 388 g/mol. The van der Waals surface area contributed by atoms with Gasteiger partial charge in [-0.2, -0.15) is 9.28 Å². The molecule has 148 valence electrons. The molecule has 1 saturated heterocycles. The van der Waals surface area contributed by atoms with Gasteiger partial charge in [0.2, 0.25) is 0 Å². The van der Waals surface area contributed by atoms with Crippen molar-refractivity contribution >= 4 is 34.8 Å². The molecule has 1 heterocycles. The molecule has 8 heteroatoms. The third-order valence-corrected chi connectivity index (χ3v) is 5.45. The molecule has 0 aliphatic carbocycles. The third kappa shape index (κ3) is 5.54. The number of hydrogen-bond acceptors (Lipinski definition) is 7. The molecule has 2 amide bonds. The number of carbonyl (C=O) groups excluding carboxylic acids is 4. The normalized spacial score (nSPS) is 24.0. The molecule has 0 bridgehead atoms. The fourth-order valence-corrected chi connectivity index (χ4v) is 3.85. The third-order valence-electron chi connectivity index (χ3n) is 4.48. The molecule has 0 aromatic carbocycles. The lowest BCUT2D eigenvalue weighted by molar-refractivity contribution is -0.795. The summed E-state index contributed by atoms with van der Waals surface area (Å²) in [5.41, 5.74) is -0.725. The second-order valence-electron chi connectivity index (χ2n) is 7.68. The zero-order chi connectivity index (χ0) is 20.1. The number of hydrogen-bond donors (Lipinski definition) is 0. The van der Waals surface area contributed by atoms with Gasteiger partial charge in [0.15, 0.2) is 5.12 Å². The van der Waals surface area contributed by atoms with E-state index >= 15 is 0 Å². The summed E-state index contributed by atoms with van der Waals surface area (Å²) in [7, 11) is 1.25. The standard InChI is InChI=1S/C18H30NO6S/c1-12-8-7-9-19(12,17(23)25-18(3,4)5)16(22)14(10-15(21)24-6)11-26-13(2)20/h12,14H,7-11H2,1-6H3/q+1/t12-,14?,19?/m1/s1. The molecule has 0 aromatic rings. The molecular formula is C18H30NO6S+. The number of quaternary nitrogens is 1. The van der Waals surface area contributed by atoms with Crippen molar-refractivity contribution in [1.29, 1.82) is 0 Å². The summed E-state index contributed by atoms with van der Waals surface area (Å²) < 4.78 is 9.81. The fourth-order valence-electron chi connectivity index (χ4n) is 3.15. The lowest BCUT2D eigenvalue weighted by Crippen LogP contribution is -2.62. The number of amides is 2. The predicted molar refractivity (Wildman–Crippen MR) is 98.3 cm³/mol. The van der Waals surface area contributed by atoms with Crippen LogP contribution in [-0.4, -0.2) is 58.6 Å². The Balaban J connectivity index is 3.19. The topological polar surface area (TPSA) is 86.7 Å². The van der Waals surface area contributed by atoms with Gasteiger partial charge in [0.1, 0.15) is 11.6 Å². The minimum Gasteiger partial charge on any atom is -0.469 e. The van der Waals surface area contributed by atoms with Crippen LogP contribution >= 0.6 is 11.8 Å². The van der Waals surface area contributed by atoms with E-state index in [1.54, 1.807) is 20.8 Å². The van der Waals surface area contributed by atoms with Gasteiger partial charge < -0.3 is 9.47 Å². The molecule has 0 saturated carbocycles. The summed E-state index contributed by atoms with van der Waals surface area (Å²) in [4.78, 5) is 49.5. The number of nitrogens with zero attached hydrogens (tertiary/aromatic N) is 1. The SMILES string of the molecule is COC(=O)CC(CSC(C)=O)C(=O)[N+]1(C(=O)OC(C)(C)C)CCC[C@H]1C. The van der Waals surface area contributed by atoms with Crippen molar-refractivity contribution in [2.24, 2.45) is 5.92 Å². The van der Waals surface area contributed by atoms with Crippen molar-refractivity contribution in [1.82, 2.24) is 0 Å². The van der Waals surface area contributed by atoms with E-state index in [4.69, 9.17) is 9.47 Å². The first-order valence-corrected chi connectivity index (χ1v) is 9.78. The van der Waals surface area contributed by atoms with Crippen LogP contribution in [0, 0.1) is 5.92 Å². The Morgan fingerprint density at radius 3 is 2.27 bits per heavy atom. The van der Waals surface area contributed by atoms with Gasteiger partial charge in [0.25, 0.3) is 0 Å². The molecule has 0 aromatic heterocycles. The van der Waals surface area contributed by atoms with Crippen molar-refractivity contribution in [3.8, 4) is 0 Å². The van der Waals surface area contributed by atoms with Crippen LogP contribution in [0.4, 0.5) is 4.79 Å². The van der Waals surface area contributed by atoms with Gasteiger partial charge in [-0.3, -0.25) is 9.59 Å². The minimum atomic E-state index is -0.788. The number of esters is 1. The van der Waals surface area contributed by atoms with Crippen LogP contribution in [0.3, 0.4) is 0 Å². The smallest absolute Gasteiger partial charge is 0.469 e. The maximum Gasteiger partial charge on any atom is 0.524 e. The second kappa shape index (κ2) is 8.99. The zero-order valence-electron chi connectivity index (χ0n) is 16.5. The summed E-state index contributed by atoms with van der Waals surface area (Å²) in [5.74, 6) is -1.56. The average molecular weight is 389 g/mol. The van der Waals surface area contributed by atoms with Crippen LogP contribution in [0.2, 0.25) is 0 Å². The van der Waals surface area contributed by atoms with E-state index in [1.807, 2.05) is 6.92 Å². The first-order chi connectivity index (χ1) is 11.9. The summed E-state index contributed by atoms with van der Waals surface area (Å²) >= 11 is 0.974. The number of carbonyl (C=O) groups is 4. The molecule has 26 heavy (non-hydrogen) atoms. The molecule has 0 N–H and O–H groups in total. The van der Waals surface area contributed by atoms with E-state index in [0.29, 0.717) is 6.54 Å². The summed E-state index contributed by atoms with van der Waals surface area (Å²) in [6.07, 6.45) is 0.688. The highest BCUT2D eigenvalue weighted by Crippen LogP contribution is 2.34. The van der Waals surface area contributed by atoms with Crippen molar-refractivity contribution in [3.63, 3.8) is 0 Å². The number of thioether (sulfide) groups is 1. The van der Waals surface area contributed by atoms with Gasteiger partial charge in [-0.15, -0.1) is 0 Å². The lowest BCUT2D eigenvalue weighted by Gasteiger charge is -2.36. The first kappa shape index (κ1) is 22.6. The molecule has 7 nitrogen and oxygen atoms in total. The minimum absolute atomic E-state index is 0.138. The number of methoxy groups -OCH3 is 1. The predicted octanol–water partition coefficient (Wildman–Crippen LogP) is 2.91. The highest BCUT2D eigenvalue weighted by Gasteiger charge is 2.57. The number of likely N-dealkylation sites (tertiary alicyclic amines) is 1. The molecule has 2 unspecified atom stereocenters. The van der Waals surface area contributed by atoms with Crippen molar-refractivity contribution in [2.45, 2.75) is 65.5 Å². The van der Waals surface area contributed by atoms with Crippen LogP contribution in [0.25, 0.3) is 0 Å². The molecule has 1 rings (SSSR count).